The van der Waals surface area contributed by atoms with Gasteiger partial charge in [-0.2, -0.15) is 0 Å². The van der Waals surface area contributed by atoms with Gasteiger partial charge in [-0.3, -0.25) is 0 Å². The van der Waals surface area contributed by atoms with E-state index in [1.165, 1.54) is 114 Å². The quantitative estimate of drug-likeness (QED) is 0.0757. The topological polar surface area (TPSA) is 36.9 Å². The number of ether oxygens (including phenoxy) is 4. The van der Waals surface area contributed by atoms with Gasteiger partial charge in [0.1, 0.15) is 12.2 Å². The smallest absolute Gasteiger partial charge is 0.113 e. The second-order valence-corrected chi connectivity index (χ2v) is 14.2. The fourth-order valence-corrected chi connectivity index (χ4v) is 7.04. The molecule has 1 aliphatic rings. The zero-order chi connectivity index (χ0) is 34.0. The maximum absolute atomic E-state index is 6.80. The maximum Gasteiger partial charge on any atom is 0.113 e. The fraction of sp³-hybridized carbons (Fsp3) is 0.600. The monoisotopic (exact) mass is 670 g/mol. The van der Waals surface area contributed by atoms with E-state index in [4.69, 9.17) is 18.9 Å². The molecule has 0 unspecified atom stereocenters. The van der Waals surface area contributed by atoms with Gasteiger partial charge in [-0.15, -0.1) is 0 Å². The highest BCUT2D eigenvalue weighted by Crippen LogP contribution is 2.30. The van der Waals surface area contributed by atoms with Gasteiger partial charge in [0.2, 0.25) is 0 Å². The van der Waals surface area contributed by atoms with Crippen LogP contribution >= 0.6 is 0 Å². The number of rotatable bonds is 27. The standard InChI is InChI=1S/C45H66O4/c1-2-3-4-5-6-7-8-9-10-11-12-13-14-15-16-26-33-42-34-43(47-36-40-29-22-18-23-30-40)45(48-37-41-31-24-19-25-32-41)44(49-42)38-46-35-39-27-20-17-21-28-39/h17-25,27-32,42-45H,2-16,26,33-38H2,1H3/t42-,43+,44+,45-/m0/s1. The van der Waals surface area contributed by atoms with Crippen molar-refractivity contribution in [1.29, 1.82) is 0 Å². The van der Waals surface area contributed by atoms with Crippen LogP contribution in [0.3, 0.4) is 0 Å². The Hall–Kier alpha value is -2.50. The van der Waals surface area contributed by atoms with Crippen molar-refractivity contribution in [2.45, 2.75) is 167 Å². The predicted octanol–water partition coefficient (Wildman–Crippen LogP) is 12.2. The number of hydrogen-bond acceptors (Lipinski definition) is 4. The summed E-state index contributed by atoms with van der Waals surface area (Å²) in [5.41, 5.74) is 3.51. The summed E-state index contributed by atoms with van der Waals surface area (Å²) < 4.78 is 26.4. The SMILES string of the molecule is CCCCCCCCCCCCCCCCCC[C@H]1C[C@@H](OCc2ccccc2)[C@H](OCc2ccccc2)[C@@H](COCc2ccccc2)O1. The molecule has 0 spiro atoms. The average molecular weight is 671 g/mol. The Kier molecular flexibility index (Phi) is 20.4. The van der Waals surface area contributed by atoms with Crippen molar-refractivity contribution in [2.75, 3.05) is 6.61 Å². The highest BCUT2D eigenvalue weighted by Gasteiger charge is 2.40. The molecule has 270 valence electrons. The zero-order valence-electron chi connectivity index (χ0n) is 30.7. The van der Waals surface area contributed by atoms with Crippen LogP contribution in [0.1, 0.15) is 139 Å². The fourth-order valence-electron chi connectivity index (χ4n) is 7.04. The molecule has 1 fully saturated rings. The first-order chi connectivity index (χ1) is 24.3. The molecular formula is C45H66O4. The van der Waals surface area contributed by atoms with Crippen LogP contribution in [0.2, 0.25) is 0 Å². The van der Waals surface area contributed by atoms with Crippen molar-refractivity contribution in [2.24, 2.45) is 0 Å². The van der Waals surface area contributed by atoms with Gasteiger partial charge in [-0.05, 0) is 23.1 Å². The van der Waals surface area contributed by atoms with E-state index in [2.05, 4.69) is 85.8 Å². The molecule has 4 rings (SSSR count). The van der Waals surface area contributed by atoms with Crippen molar-refractivity contribution >= 4 is 0 Å². The second kappa shape index (κ2) is 25.5. The normalized spacial score (nSPS) is 19.3. The van der Waals surface area contributed by atoms with Gasteiger partial charge in [0.05, 0.1) is 38.6 Å². The van der Waals surface area contributed by atoms with Gasteiger partial charge in [-0.1, -0.05) is 201 Å². The molecule has 0 bridgehead atoms. The van der Waals surface area contributed by atoms with E-state index in [-0.39, 0.29) is 24.4 Å². The van der Waals surface area contributed by atoms with Crippen molar-refractivity contribution in [1.82, 2.24) is 0 Å². The summed E-state index contributed by atoms with van der Waals surface area (Å²) in [5.74, 6) is 0. The van der Waals surface area contributed by atoms with Crippen LogP contribution in [-0.4, -0.2) is 31.0 Å². The molecule has 0 aliphatic carbocycles. The lowest BCUT2D eigenvalue weighted by atomic mass is 9.94. The molecule has 0 aromatic heterocycles. The molecule has 4 heteroatoms. The summed E-state index contributed by atoms with van der Waals surface area (Å²) in [7, 11) is 0. The molecule has 4 nitrogen and oxygen atoms in total. The summed E-state index contributed by atoms with van der Waals surface area (Å²) in [6.07, 6.45) is 23.8. The van der Waals surface area contributed by atoms with Crippen LogP contribution < -0.4 is 0 Å². The van der Waals surface area contributed by atoms with Crippen LogP contribution in [0.5, 0.6) is 0 Å². The van der Waals surface area contributed by atoms with Gasteiger partial charge >= 0.3 is 0 Å². The van der Waals surface area contributed by atoms with Crippen molar-refractivity contribution in [3.63, 3.8) is 0 Å². The summed E-state index contributed by atoms with van der Waals surface area (Å²) in [6, 6.07) is 31.2. The van der Waals surface area contributed by atoms with E-state index < -0.39 is 0 Å². The van der Waals surface area contributed by atoms with Gasteiger partial charge in [0, 0.05) is 6.42 Å². The molecule has 0 amide bonds. The van der Waals surface area contributed by atoms with Gasteiger partial charge in [-0.25, -0.2) is 0 Å². The summed E-state index contributed by atoms with van der Waals surface area (Å²) in [4.78, 5) is 0. The molecule has 1 aliphatic heterocycles. The minimum Gasteiger partial charge on any atom is -0.374 e. The lowest BCUT2D eigenvalue weighted by Gasteiger charge is -2.41. The minimum absolute atomic E-state index is 0.0611. The highest BCUT2D eigenvalue weighted by atomic mass is 16.6. The Morgan fingerprint density at radius 3 is 1.43 bits per heavy atom. The summed E-state index contributed by atoms with van der Waals surface area (Å²) in [5, 5.41) is 0. The Labute approximate surface area is 299 Å². The van der Waals surface area contributed by atoms with Crippen molar-refractivity contribution in [3.8, 4) is 0 Å². The number of benzene rings is 3. The molecule has 1 saturated heterocycles. The van der Waals surface area contributed by atoms with Gasteiger partial charge in [0.25, 0.3) is 0 Å². The Bertz CT molecular complexity index is 1170. The zero-order valence-corrected chi connectivity index (χ0v) is 30.7. The molecule has 0 saturated carbocycles. The van der Waals surface area contributed by atoms with Crippen molar-refractivity contribution < 1.29 is 18.9 Å². The summed E-state index contributed by atoms with van der Waals surface area (Å²) >= 11 is 0. The van der Waals surface area contributed by atoms with E-state index in [0.717, 1.165) is 18.4 Å². The Morgan fingerprint density at radius 2 is 0.939 bits per heavy atom. The third-order valence-electron chi connectivity index (χ3n) is 9.96. The molecule has 0 radical (unpaired) electrons. The van der Waals surface area contributed by atoms with Crippen LogP contribution in [0.25, 0.3) is 0 Å². The largest absolute Gasteiger partial charge is 0.374 e. The lowest BCUT2D eigenvalue weighted by molar-refractivity contribution is -0.221. The first kappa shape index (κ1) is 39.3. The van der Waals surface area contributed by atoms with E-state index >= 15 is 0 Å². The number of hydrogen-bond donors (Lipinski definition) is 0. The second-order valence-electron chi connectivity index (χ2n) is 14.2. The maximum atomic E-state index is 6.80. The van der Waals surface area contributed by atoms with Crippen LogP contribution in [0.4, 0.5) is 0 Å². The van der Waals surface area contributed by atoms with Gasteiger partial charge < -0.3 is 18.9 Å². The van der Waals surface area contributed by atoms with E-state index in [0.29, 0.717) is 26.4 Å². The van der Waals surface area contributed by atoms with Crippen LogP contribution in [0.15, 0.2) is 91.0 Å². The molecular weight excluding hydrogens is 604 g/mol. The number of unbranched alkanes of at least 4 members (excludes halogenated alkanes) is 15. The minimum atomic E-state index is -0.207. The first-order valence-corrected chi connectivity index (χ1v) is 19.9. The molecule has 3 aromatic carbocycles. The van der Waals surface area contributed by atoms with E-state index in [1.54, 1.807) is 0 Å². The third kappa shape index (κ3) is 16.8. The molecule has 49 heavy (non-hydrogen) atoms. The summed E-state index contributed by atoms with van der Waals surface area (Å²) in [6.45, 7) is 4.43. The highest BCUT2D eigenvalue weighted by molar-refractivity contribution is 5.15. The third-order valence-corrected chi connectivity index (χ3v) is 9.96. The molecule has 1 heterocycles. The van der Waals surface area contributed by atoms with E-state index in [1.807, 2.05) is 12.1 Å². The Morgan fingerprint density at radius 1 is 0.510 bits per heavy atom. The lowest BCUT2D eigenvalue weighted by Crippen LogP contribution is -2.52. The predicted molar refractivity (Wildman–Crippen MR) is 204 cm³/mol. The molecule has 3 aromatic rings. The van der Waals surface area contributed by atoms with Crippen LogP contribution in [-0.2, 0) is 38.8 Å². The molecule has 0 N–H and O–H groups in total. The van der Waals surface area contributed by atoms with Gasteiger partial charge in [0.15, 0.2) is 0 Å². The molecule has 4 atom stereocenters. The van der Waals surface area contributed by atoms with E-state index in [9.17, 15) is 0 Å². The average Bonchev–Trinajstić information content (AvgIpc) is 3.14. The van der Waals surface area contributed by atoms with Crippen molar-refractivity contribution in [3.05, 3.63) is 108 Å². The van der Waals surface area contributed by atoms with Crippen LogP contribution in [0, 0.1) is 0 Å². The first-order valence-electron chi connectivity index (χ1n) is 19.9. The Balaban J connectivity index is 1.21.